The molecule has 6 heteroatoms. The van der Waals surface area contributed by atoms with Crippen LogP contribution in [0.2, 0.25) is 0 Å². The summed E-state index contributed by atoms with van der Waals surface area (Å²) in [6.45, 7) is 5.20. The summed E-state index contributed by atoms with van der Waals surface area (Å²) in [5.74, 6) is 1.42. The highest BCUT2D eigenvalue weighted by atomic mass is 16.7. The molecule has 168 valence electrons. The van der Waals surface area contributed by atoms with Gasteiger partial charge in [0.25, 0.3) is 5.91 Å². The first-order valence-corrected chi connectivity index (χ1v) is 11.3. The SMILES string of the molecule is Cc1ccn2c(C(=O)N(CCCc3ccccc3)Cc3cccc4c3OCO4)c(C)nc2c1. The molecular formula is C27H27N3O3. The Bertz CT molecular complexity index is 1300. The number of aromatic nitrogens is 2. The number of pyridine rings is 1. The fourth-order valence-electron chi connectivity index (χ4n) is 4.36. The monoisotopic (exact) mass is 441 g/mol. The maximum absolute atomic E-state index is 13.9. The summed E-state index contributed by atoms with van der Waals surface area (Å²) in [6, 6.07) is 20.2. The fourth-order valence-corrected chi connectivity index (χ4v) is 4.36. The molecule has 0 bridgehead atoms. The summed E-state index contributed by atoms with van der Waals surface area (Å²) in [7, 11) is 0. The molecular weight excluding hydrogens is 414 g/mol. The average Bonchev–Trinajstić information content (AvgIpc) is 3.42. The number of amides is 1. The van der Waals surface area contributed by atoms with Gasteiger partial charge in [-0.1, -0.05) is 42.5 Å². The molecule has 0 aliphatic carbocycles. The van der Waals surface area contributed by atoms with E-state index in [9.17, 15) is 4.79 Å². The van der Waals surface area contributed by atoms with Crippen LogP contribution in [0.3, 0.4) is 0 Å². The van der Waals surface area contributed by atoms with Crippen LogP contribution in [-0.2, 0) is 13.0 Å². The third-order valence-corrected chi connectivity index (χ3v) is 6.02. The smallest absolute Gasteiger partial charge is 0.273 e. The molecule has 0 radical (unpaired) electrons. The van der Waals surface area contributed by atoms with Gasteiger partial charge in [-0.05, 0) is 56.0 Å². The van der Waals surface area contributed by atoms with Gasteiger partial charge in [0, 0.05) is 24.8 Å². The van der Waals surface area contributed by atoms with Crippen molar-refractivity contribution >= 4 is 11.6 Å². The maximum atomic E-state index is 13.9. The molecule has 0 atom stereocenters. The summed E-state index contributed by atoms with van der Waals surface area (Å²) in [5, 5.41) is 0. The van der Waals surface area contributed by atoms with Crippen LogP contribution < -0.4 is 9.47 Å². The van der Waals surface area contributed by atoms with E-state index in [1.807, 2.05) is 77.9 Å². The van der Waals surface area contributed by atoms with Gasteiger partial charge in [-0.15, -0.1) is 0 Å². The largest absolute Gasteiger partial charge is 0.454 e. The van der Waals surface area contributed by atoms with Crippen LogP contribution in [0.4, 0.5) is 0 Å². The molecule has 6 nitrogen and oxygen atoms in total. The zero-order chi connectivity index (χ0) is 22.8. The van der Waals surface area contributed by atoms with Crippen molar-refractivity contribution < 1.29 is 14.3 Å². The Morgan fingerprint density at radius 2 is 1.91 bits per heavy atom. The standard InChI is InChI=1S/C27H27N3O3/c1-19-13-15-30-24(16-19)28-20(2)25(30)27(31)29(14-7-10-21-8-4-3-5-9-21)17-22-11-6-12-23-26(22)33-18-32-23/h3-6,8-9,11-13,15-16H,7,10,14,17-18H2,1-2H3. The molecule has 1 amide bonds. The molecule has 4 aromatic rings. The number of carbonyl (C=O) groups is 1. The normalized spacial score (nSPS) is 12.3. The van der Waals surface area contributed by atoms with Crippen LogP contribution >= 0.6 is 0 Å². The van der Waals surface area contributed by atoms with Crippen molar-refractivity contribution in [2.24, 2.45) is 0 Å². The first-order chi connectivity index (χ1) is 16.1. The number of ether oxygens (including phenoxy) is 2. The molecule has 2 aromatic carbocycles. The summed E-state index contributed by atoms with van der Waals surface area (Å²) in [6.07, 6.45) is 3.69. The van der Waals surface area contributed by atoms with Crippen molar-refractivity contribution in [2.45, 2.75) is 33.2 Å². The van der Waals surface area contributed by atoms with Gasteiger partial charge in [0.1, 0.15) is 11.3 Å². The van der Waals surface area contributed by atoms with Crippen molar-refractivity contribution in [1.29, 1.82) is 0 Å². The van der Waals surface area contributed by atoms with Crippen molar-refractivity contribution in [3.05, 3.63) is 94.9 Å². The third kappa shape index (κ3) is 4.29. The predicted molar refractivity (Wildman–Crippen MR) is 127 cm³/mol. The highest BCUT2D eigenvalue weighted by Gasteiger charge is 2.25. The van der Waals surface area contributed by atoms with E-state index < -0.39 is 0 Å². The third-order valence-electron chi connectivity index (χ3n) is 6.02. The number of fused-ring (bicyclic) bond motifs is 2. The second kappa shape index (κ2) is 8.98. The average molecular weight is 442 g/mol. The van der Waals surface area contributed by atoms with E-state index in [0.29, 0.717) is 18.8 Å². The molecule has 0 saturated heterocycles. The topological polar surface area (TPSA) is 56.1 Å². The van der Waals surface area contributed by atoms with Gasteiger partial charge in [0.05, 0.1) is 5.69 Å². The summed E-state index contributed by atoms with van der Waals surface area (Å²) >= 11 is 0. The van der Waals surface area contributed by atoms with E-state index in [0.717, 1.165) is 46.8 Å². The van der Waals surface area contributed by atoms with Crippen LogP contribution in [0.1, 0.15) is 39.3 Å². The van der Waals surface area contributed by atoms with Crippen molar-refractivity contribution in [3.8, 4) is 11.5 Å². The van der Waals surface area contributed by atoms with Crippen LogP contribution in [0.25, 0.3) is 5.65 Å². The number of benzene rings is 2. The summed E-state index contributed by atoms with van der Waals surface area (Å²) in [5.41, 5.74) is 5.45. The minimum absolute atomic E-state index is 0.0339. The highest BCUT2D eigenvalue weighted by Crippen LogP contribution is 2.36. The van der Waals surface area contributed by atoms with Crippen LogP contribution in [-0.4, -0.2) is 33.5 Å². The Morgan fingerprint density at radius 1 is 1.06 bits per heavy atom. The van der Waals surface area contributed by atoms with Gasteiger partial charge in [-0.3, -0.25) is 9.20 Å². The number of para-hydroxylation sites is 1. The van der Waals surface area contributed by atoms with E-state index in [-0.39, 0.29) is 12.7 Å². The fraction of sp³-hybridized carbons (Fsp3) is 0.259. The molecule has 0 spiro atoms. The second-order valence-corrected chi connectivity index (χ2v) is 8.44. The van der Waals surface area contributed by atoms with E-state index in [1.54, 1.807) is 0 Å². The van der Waals surface area contributed by atoms with Gasteiger partial charge in [0.15, 0.2) is 11.5 Å². The first kappa shape index (κ1) is 21.1. The quantitative estimate of drug-likeness (QED) is 0.407. The van der Waals surface area contributed by atoms with Crippen molar-refractivity contribution in [3.63, 3.8) is 0 Å². The van der Waals surface area contributed by atoms with Gasteiger partial charge in [-0.25, -0.2) is 4.98 Å². The Morgan fingerprint density at radius 3 is 2.76 bits per heavy atom. The molecule has 2 aromatic heterocycles. The molecule has 1 aliphatic rings. The van der Waals surface area contributed by atoms with Gasteiger partial charge in [0.2, 0.25) is 6.79 Å². The maximum Gasteiger partial charge on any atom is 0.273 e. The van der Waals surface area contributed by atoms with Gasteiger partial charge in [-0.2, -0.15) is 0 Å². The zero-order valence-electron chi connectivity index (χ0n) is 19.0. The minimum Gasteiger partial charge on any atom is -0.454 e. The van der Waals surface area contributed by atoms with Crippen molar-refractivity contribution in [2.75, 3.05) is 13.3 Å². The van der Waals surface area contributed by atoms with E-state index >= 15 is 0 Å². The predicted octanol–water partition coefficient (Wildman–Crippen LogP) is 4.96. The Hall–Kier alpha value is -3.80. The van der Waals surface area contributed by atoms with E-state index in [1.165, 1.54) is 5.56 Å². The molecule has 0 unspecified atom stereocenters. The highest BCUT2D eigenvalue weighted by molar-refractivity contribution is 5.94. The van der Waals surface area contributed by atoms with Crippen LogP contribution in [0.15, 0.2) is 66.9 Å². The van der Waals surface area contributed by atoms with Crippen molar-refractivity contribution in [1.82, 2.24) is 14.3 Å². The summed E-state index contributed by atoms with van der Waals surface area (Å²) < 4.78 is 13.1. The molecule has 0 saturated carbocycles. The molecule has 33 heavy (non-hydrogen) atoms. The van der Waals surface area contributed by atoms with E-state index in [2.05, 4.69) is 17.1 Å². The number of rotatable bonds is 7. The number of imidazole rings is 1. The molecule has 3 heterocycles. The summed E-state index contributed by atoms with van der Waals surface area (Å²) in [4.78, 5) is 20.4. The van der Waals surface area contributed by atoms with Crippen LogP contribution in [0, 0.1) is 13.8 Å². The van der Waals surface area contributed by atoms with Crippen LogP contribution in [0.5, 0.6) is 11.5 Å². The molecule has 1 aliphatic heterocycles. The number of carbonyl (C=O) groups excluding carboxylic acids is 1. The molecule has 5 rings (SSSR count). The number of hydrogen-bond donors (Lipinski definition) is 0. The second-order valence-electron chi connectivity index (χ2n) is 8.44. The molecule has 0 fully saturated rings. The number of nitrogens with zero attached hydrogens (tertiary/aromatic N) is 3. The lowest BCUT2D eigenvalue weighted by Gasteiger charge is -2.24. The number of aryl methyl sites for hydroxylation is 3. The Kier molecular flexibility index (Phi) is 5.73. The lowest BCUT2D eigenvalue weighted by atomic mass is 10.1. The van der Waals surface area contributed by atoms with Gasteiger partial charge < -0.3 is 14.4 Å². The van der Waals surface area contributed by atoms with Gasteiger partial charge >= 0.3 is 0 Å². The molecule has 0 N–H and O–H groups in total. The Balaban J connectivity index is 1.45. The minimum atomic E-state index is -0.0339. The number of hydrogen-bond acceptors (Lipinski definition) is 4. The van der Waals surface area contributed by atoms with E-state index in [4.69, 9.17) is 9.47 Å². The lowest BCUT2D eigenvalue weighted by Crippen LogP contribution is -2.33. The first-order valence-electron chi connectivity index (χ1n) is 11.3. The lowest BCUT2D eigenvalue weighted by molar-refractivity contribution is 0.0732. The Labute approximate surface area is 193 Å². The zero-order valence-corrected chi connectivity index (χ0v) is 19.0.